The second kappa shape index (κ2) is 6.06. The van der Waals surface area contributed by atoms with Gasteiger partial charge in [-0.15, -0.1) is 11.8 Å². The fraction of sp³-hybridized carbons (Fsp3) is 0.118. The van der Waals surface area contributed by atoms with Crippen molar-refractivity contribution in [3.05, 3.63) is 60.3 Å². The fourth-order valence-corrected chi connectivity index (χ4v) is 2.76. The summed E-state index contributed by atoms with van der Waals surface area (Å²) in [7, 11) is 0. The molecule has 0 saturated heterocycles. The highest BCUT2D eigenvalue weighted by molar-refractivity contribution is 7.98. The Hall–Kier alpha value is -2.20. The Balaban J connectivity index is 1.70. The smallest absolute Gasteiger partial charge is 0.228 e. The Bertz CT molecular complexity index is 779. The lowest BCUT2D eigenvalue weighted by Gasteiger charge is -2.07. The van der Waals surface area contributed by atoms with Crippen LogP contribution < -0.4 is 5.32 Å². The number of benzene rings is 2. The minimum absolute atomic E-state index is 0.000779. The summed E-state index contributed by atoms with van der Waals surface area (Å²) in [4.78, 5) is 16.4. The van der Waals surface area contributed by atoms with E-state index in [9.17, 15) is 4.79 Å². The van der Waals surface area contributed by atoms with E-state index in [1.54, 1.807) is 11.8 Å². The van der Waals surface area contributed by atoms with Crippen LogP contribution in [-0.2, 0) is 11.2 Å². The van der Waals surface area contributed by atoms with Crippen molar-refractivity contribution in [3.63, 3.8) is 0 Å². The third kappa shape index (κ3) is 3.28. The molecule has 1 aromatic heterocycles. The lowest BCUT2D eigenvalue weighted by atomic mass is 10.1. The Morgan fingerprint density at radius 2 is 2.10 bits per heavy atom. The number of nitrogens with one attached hydrogen (secondary N) is 2. The van der Waals surface area contributed by atoms with Crippen molar-refractivity contribution < 1.29 is 4.79 Å². The Morgan fingerprint density at radius 3 is 2.95 bits per heavy atom. The number of aromatic amines is 1. The van der Waals surface area contributed by atoms with Crippen molar-refractivity contribution in [1.82, 2.24) is 4.98 Å². The second-order valence-corrected chi connectivity index (χ2v) is 5.74. The van der Waals surface area contributed by atoms with E-state index in [1.165, 1.54) is 0 Å². The van der Waals surface area contributed by atoms with Gasteiger partial charge < -0.3 is 10.3 Å². The molecular formula is C17H16N2OS. The maximum absolute atomic E-state index is 12.1. The minimum atomic E-state index is -0.000779. The molecule has 3 rings (SSSR count). The number of amides is 1. The second-order valence-electron chi connectivity index (χ2n) is 4.86. The van der Waals surface area contributed by atoms with Crippen LogP contribution in [0, 0.1) is 0 Å². The first-order valence-corrected chi connectivity index (χ1v) is 7.97. The number of carbonyl (C=O) groups excluding carboxylic acids is 1. The van der Waals surface area contributed by atoms with Crippen LogP contribution >= 0.6 is 11.8 Å². The first-order valence-electron chi connectivity index (χ1n) is 6.74. The molecule has 106 valence electrons. The predicted molar refractivity (Wildman–Crippen MR) is 88.9 cm³/mol. The van der Waals surface area contributed by atoms with Gasteiger partial charge in [-0.05, 0) is 47.5 Å². The molecule has 21 heavy (non-hydrogen) atoms. The maximum atomic E-state index is 12.1. The summed E-state index contributed by atoms with van der Waals surface area (Å²) >= 11 is 1.66. The van der Waals surface area contributed by atoms with E-state index in [4.69, 9.17) is 0 Å². The topological polar surface area (TPSA) is 44.9 Å². The van der Waals surface area contributed by atoms with Crippen LogP contribution in [-0.4, -0.2) is 17.1 Å². The van der Waals surface area contributed by atoms with E-state index in [0.717, 1.165) is 27.0 Å². The van der Waals surface area contributed by atoms with Crippen LogP contribution in [0.2, 0.25) is 0 Å². The maximum Gasteiger partial charge on any atom is 0.228 e. The first kappa shape index (κ1) is 13.8. The molecule has 0 aliphatic carbocycles. The molecule has 1 heterocycles. The molecule has 0 bridgehead atoms. The number of rotatable bonds is 4. The van der Waals surface area contributed by atoms with Crippen LogP contribution in [0.3, 0.4) is 0 Å². The van der Waals surface area contributed by atoms with Crippen LogP contribution in [0.5, 0.6) is 0 Å². The normalized spacial score (nSPS) is 10.7. The number of aromatic nitrogens is 1. The molecule has 0 fully saturated rings. The van der Waals surface area contributed by atoms with E-state index in [2.05, 4.69) is 10.3 Å². The molecule has 0 aliphatic rings. The van der Waals surface area contributed by atoms with Gasteiger partial charge in [0.2, 0.25) is 5.91 Å². The lowest BCUT2D eigenvalue weighted by Crippen LogP contribution is -2.14. The molecule has 4 heteroatoms. The summed E-state index contributed by atoms with van der Waals surface area (Å²) in [6, 6.07) is 15.9. The van der Waals surface area contributed by atoms with E-state index >= 15 is 0 Å². The predicted octanol–water partition coefficient (Wildman–Crippen LogP) is 4.07. The number of hydrogen-bond acceptors (Lipinski definition) is 2. The summed E-state index contributed by atoms with van der Waals surface area (Å²) in [5.41, 5.74) is 2.90. The summed E-state index contributed by atoms with van der Waals surface area (Å²) < 4.78 is 0. The van der Waals surface area contributed by atoms with Crippen molar-refractivity contribution in [2.24, 2.45) is 0 Å². The Morgan fingerprint density at radius 1 is 1.19 bits per heavy atom. The van der Waals surface area contributed by atoms with Gasteiger partial charge in [-0.3, -0.25) is 4.79 Å². The van der Waals surface area contributed by atoms with Crippen molar-refractivity contribution >= 4 is 34.3 Å². The number of anilines is 1. The van der Waals surface area contributed by atoms with Gasteiger partial charge in [0.15, 0.2) is 0 Å². The molecule has 2 aromatic carbocycles. The zero-order valence-electron chi connectivity index (χ0n) is 11.7. The van der Waals surface area contributed by atoms with Gasteiger partial charge in [-0.1, -0.05) is 18.2 Å². The first-order chi connectivity index (χ1) is 10.2. The summed E-state index contributed by atoms with van der Waals surface area (Å²) in [5.74, 6) is -0.000779. The van der Waals surface area contributed by atoms with Crippen LogP contribution in [0.15, 0.2) is 59.6 Å². The standard InChI is InChI=1S/C17H16N2OS/c1-21-15-4-2-3-14(11-15)19-17(20)10-12-5-6-13-7-8-18-16(13)9-12/h2-9,11,18H,10H2,1H3,(H,19,20). The molecule has 3 nitrogen and oxygen atoms in total. The Kier molecular flexibility index (Phi) is 3.97. The lowest BCUT2D eigenvalue weighted by molar-refractivity contribution is -0.115. The van der Waals surface area contributed by atoms with Crippen molar-refractivity contribution in [1.29, 1.82) is 0 Å². The third-order valence-electron chi connectivity index (χ3n) is 3.34. The molecule has 0 aliphatic heterocycles. The number of thioether (sulfide) groups is 1. The highest BCUT2D eigenvalue weighted by Crippen LogP contribution is 2.19. The molecule has 0 atom stereocenters. The highest BCUT2D eigenvalue weighted by Gasteiger charge is 2.06. The van der Waals surface area contributed by atoms with Gasteiger partial charge in [-0.25, -0.2) is 0 Å². The Labute approximate surface area is 127 Å². The summed E-state index contributed by atoms with van der Waals surface area (Å²) in [6.45, 7) is 0. The van der Waals surface area contributed by atoms with Gasteiger partial charge in [0, 0.05) is 22.3 Å². The van der Waals surface area contributed by atoms with Gasteiger partial charge in [0.05, 0.1) is 6.42 Å². The zero-order chi connectivity index (χ0) is 14.7. The number of carbonyl (C=O) groups is 1. The van der Waals surface area contributed by atoms with E-state index < -0.39 is 0 Å². The molecule has 0 spiro atoms. The number of H-pyrrole nitrogens is 1. The van der Waals surface area contributed by atoms with E-state index in [-0.39, 0.29) is 5.91 Å². The van der Waals surface area contributed by atoms with E-state index in [0.29, 0.717) is 6.42 Å². The molecule has 0 saturated carbocycles. The molecular weight excluding hydrogens is 280 g/mol. The van der Waals surface area contributed by atoms with Gasteiger partial charge in [-0.2, -0.15) is 0 Å². The molecule has 0 unspecified atom stereocenters. The molecule has 3 aromatic rings. The average molecular weight is 296 g/mol. The van der Waals surface area contributed by atoms with Crippen LogP contribution in [0.1, 0.15) is 5.56 Å². The van der Waals surface area contributed by atoms with Gasteiger partial charge in [0.1, 0.15) is 0 Å². The molecule has 1 amide bonds. The monoisotopic (exact) mass is 296 g/mol. The highest BCUT2D eigenvalue weighted by atomic mass is 32.2. The largest absolute Gasteiger partial charge is 0.361 e. The summed E-state index contributed by atoms with van der Waals surface area (Å²) in [6.07, 6.45) is 4.30. The fourth-order valence-electron chi connectivity index (χ4n) is 2.30. The summed E-state index contributed by atoms with van der Waals surface area (Å²) in [5, 5.41) is 4.10. The van der Waals surface area contributed by atoms with Crippen molar-refractivity contribution in [2.45, 2.75) is 11.3 Å². The quantitative estimate of drug-likeness (QED) is 0.713. The zero-order valence-corrected chi connectivity index (χ0v) is 12.5. The van der Waals surface area contributed by atoms with Crippen molar-refractivity contribution in [2.75, 3.05) is 11.6 Å². The molecule has 2 N–H and O–H groups in total. The average Bonchev–Trinajstić information content (AvgIpc) is 2.95. The van der Waals surface area contributed by atoms with Crippen LogP contribution in [0.25, 0.3) is 10.9 Å². The SMILES string of the molecule is CSc1cccc(NC(=O)Cc2ccc3cc[nH]c3c2)c1. The number of fused-ring (bicyclic) bond motifs is 1. The van der Waals surface area contributed by atoms with Crippen molar-refractivity contribution in [3.8, 4) is 0 Å². The van der Waals surface area contributed by atoms with E-state index in [1.807, 2.05) is 61.0 Å². The van der Waals surface area contributed by atoms with Crippen LogP contribution in [0.4, 0.5) is 5.69 Å². The molecule has 0 radical (unpaired) electrons. The number of hydrogen-bond donors (Lipinski definition) is 2. The third-order valence-corrected chi connectivity index (χ3v) is 4.06. The van der Waals surface area contributed by atoms with Gasteiger partial charge >= 0.3 is 0 Å². The minimum Gasteiger partial charge on any atom is -0.361 e. The van der Waals surface area contributed by atoms with Gasteiger partial charge in [0.25, 0.3) is 0 Å².